The third-order valence-electron chi connectivity index (χ3n) is 2.57. The number of ether oxygens (including phenoxy) is 1. The fourth-order valence-corrected chi connectivity index (χ4v) is 1.89. The maximum Gasteiger partial charge on any atom is 0.393 e. The number of oxazole rings is 1. The first kappa shape index (κ1) is 14.3. The highest BCUT2D eigenvalue weighted by molar-refractivity contribution is 6.16. The normalized spacial score (nSPS) is 11.8. The molecule has 98 valence electrons. The van der Waals surface area contributed by atoms with Gasteiger partial charge in [-0.15, -0.1) is 11.6 Å². The van der Waals surface area contributed by atoms with E-state index in [0.717, 1.165) is 6.54 Å². The average Bonchev–Trinajstić information content (AvgIpc) is 2.71. The van der Waals surface area contributed by atoms with E-state index in [9.17, 15) is 0 Å². The molecule has 0 saturated carbocycles. The molecule has 0 aromatic carbocycles. The van der Waals surface area contributed by atoms with Crippen molar-refractivity contribution in [2.24, 2.45) is 0 Å². The van der Waals surface area contributed by atoms with E-state index in [2.05, 4.69) is 37.6 Å². The SMILES string of the molecule is CC(C)N(CCOc1nc(CCl)co1)C(C)C. The van der Waals surface area contributed by atoms with Crippen LogP contribution in [0.25, 0.3) is 0 Å². The summed E-state index contributed by atoms with van der Waals surface area (Å²) >= 11 is 5.62. The van der Waals surface area contributed by atoms with Gasteiger partial charge in [0.05, 0.1) is 11.6 Å². The number of nitrogens with zero attached hydrogens (tertiary/aromatic N) is 2. The van der Waals surface area contributed by atoms with Crippen molar-refractivity contribution in [1.82, 2.24) is 9.88 Å². The fraction of sp³-hybridized carbons (Fsp3) is 0.750. The maximum absolute atomic E-state index is 5.62. The molecule has 5 heteroatoms. The standard InChI is InChI=1S/C12H21ClN2O2/c1-9(2)15(10(3)4)5-6-16-12-14-11(7-13)8-17-12/h8-10H,5-7H2,1-4H3. The van der Waals surface area contributed by atoms with Crippen LogP contribution in [-0.4, -0.2) is 35.1 Å². The molecule has 0 fully saturated rings. The molecule has 0 radical (unpaired) electrons. The lowest BCUT2D eigenvalue weighted by Gasteiger charge is -2.29. The second-order valence-corrected chi connectivity index (χ2v) is 4.78. The van der Waals surface area contributed by atoms with Gasteiger partial charge in [-0.1, -0.05) is 0 Å². The molecule has 0 aliphatic heterocycles. The van der Waals surface area contributed by atoms with Gasteiger partial charge in [-0.25, -0.2) is 0 Å². The topological polar surface area (TPSA) is 38.5 Å². The van der Waals surface area contributed by atoms with E-state index in [1.807, 2.05) is 0 Å². The summed E-state index contributed by atoms with van der Waals surface area (Å²) in [4.78, 5) is 6.43. The van der Waals surface area contributed by atoms with Gasteiger partial charge in [0.1, 0.15) is 12.9 Å². The van der Waals surface area contributed by atoms with E-state index in [1.165, 1.54) is 6.26 Å². The molecule has 0 atom stereocenters. The Kier molecular flexibility index (Phi) is 5.78. The monoisotopic (exact) mass is 260 g/mol. The van der Waals surface area contributed by atoms with Crippen molar-refractivity contribution in [2.75, 3.05) is 13.2 Å². The fourth-order valence-electron chi connectivity index (χ4n) is 1.77. The molecule has 1 heterocycles. The Morgan fingerprint density at radius 3 is 2.47 bits per heavy atom. The van der Waals surface area contributed by atoms with Gasteiger partial charge >= 0.3 is 6.08 Å². The highest BCUT2D eigenvalue weighted by Gasteiger charge is 2.13. The summed E-state index contributed by atoms with van der Waals surface area (Å²) in [5.74, 6) is 0.344. The molecule has 0 unspecified atom stereocenters. The molecule has 0 amide bonds. The lowest BCUT2D eigenvalue weighted by molar-refractivity contribution is 0.127. The van der Waals surface area contributed by atoms with Gasteiger partial charge < -0.3 is 9.15 Å². The first-order valence-electron chi connectivity index (χ1n) is 5.93. The number of alkyl halides is 1. The van der Waals surface area contributed by atoms with Crippen molar-refractivity contribution >= 4 is 11.6 Å². The van der Waals surface area contributed by atoms with Crippen LogP contribution in [0.3, 0.4) is 0 Å². The minimum absolute atomic E-state index is 0.299. The summed E-state index contributed by atoms with van der Waals surface area (Å²) in [6, 6.07) is 1.00. The Balaban J connectivity index is 2.35. The number of halogens is 1. The number of rotatable bonds is 7. The molecule has 17 heavy (non-hydrogen) atoms. The van der Waals surface area contributed by atoms with Crippen molar-refractivity contribution in [1.29, 1.82) is 0 Å². The highest BCUT2D eigenvalue weighted by Crippen LogP contribution is 2.12. The Morgan fingerprint density at radius 1 is 1.35 bits per heavy atom. The summed E-state index contributed by atoms with van der Waals surface area (Å²) < 4.78 is 10.6. The molecule has 1 rings (SSSR count). The molecule has 0 aliphatic rings. The molecule has 0 N–H and O–H groups in total. The molecular formula is C12H21ClN2O2. The molecule has 0 saturated heterocycles. The Bertz CT molecular complexity index is 318. The Labute approximate surface area is 108 Å². The van der Waals surface area contributed by atoms with Crippen molar-refractivity contribution in [3.63, 3.8) is 0 Å². The zero-order valence-corrected chi connectivity index (χ0v) is 11.7. The second kappa shape index (κ2) is 6.87. The van der Waals surface area contributed by atoms with Crippen LogP contribution in [0.2, 0.25) is 0 Å². The van der Waals surface area contributed by atoms with Gasteiger partial charge in [-0.2, -0.15) is 4.98 Å². The number of aromatic nitrogens is 1. The van der Waals surface area contributed by atoms with Gasteiger partial charge in [0.15, 0.2) is 0 Å². The molecule has 1 aromatic heterocycles. The smallest absolute Gasteiger partial charge is 0.393 e. The summed E-state index contributed by atoms with van der Waals surface area (Å²) in [6.45, 7) is 10.1. The minimum Gasteiger partial charge on any atom is -0.449 e. The summed E-state index contributed by atoms with van der Waals surface area (Å²) in [5.41, 5.74) is 0.700. The van der Waals surface area contributed by atoms with E-state index in [-0.39, 0.29) is 0 Å². The van der Waals surface area contributed by atoms with E-state index >= 15 is 0 Å². The average molecular weight is 261 g/mol. The van der Waals surface area contributed by atoms with Crippen LogP contribution in [0.4, 0.5) is 0 Å². The zero-order valence-electron chi connectivity index (χ0n) is 10.9. The summed E-state index contributed by atoms with van der Waals surface area (Å²) in [5, 5.41) is 0. The van der Waals surface area contributed by atoms with Crippen LogP contribution in [-0.2, 0) is 5.88 Å². The van der Waals surface area contributed by atoms with Crippen LogP contribution >= 0.6 is 11.6 Å². The largest absolute Gasteiger partial charge is 0.449 e. The Hall–Kier alpha value is -0.740. The zero-order chi connectivity index (χ0) is 12.8. The second-order valence-electron chi connectivity index (χ2n) is 4.51. The van der Waals surface area contributed by atoms with Gasteiger partial charge in [0.2, 0.25) is 0 Å². The third-order valence-corrected chi connectivity index (χ3v) is 2.84. The molecule has 0 spiro atoms. The molecule has 4 nitrogen and oxygen atoms in total. The highest BCUT2D eigenvalue weighted by atomic mass is 35.5. The van der Waals surface area contributed by atoms with Crippen molar-refractivity contribution in [3.05, 3.63) is 12.0 Å². The molecule has 0 bridgehead atoms. The van der Waals surface area contributed by atoms with E-state index < -0.39 is 0 Å². The van der Waals surface area contributed by atoms with E-state index in [4.69, 9.17) is 20.8 Å². The van der Waals surface area contributed by atoms with Crippen LogP contribution in [0.5, 0.6) is 6.08 Å². The van der Waals surface area contributed by atoms with E-state index in [0.29, 0.717) is 36.3 Å². The lowest BCUT2D eigenvalue weighted by atomic mass is 10.2. The van der Waals surface area contributed by atoms with Crippen LogP contribution in [0.15, 0.2) is 10.7 Å². The van der Waals surface area contributed by atoms with Gasteiger partial charge in [0.25, 0.3) is 0 Å². The van der Waals surface area contributed by atoms with Crippen LogP contribution in [0, 0.1) is 0 Å². The minimum atomic E-state index is 0.299. The molecule has 1 aromatic rings. The number of hydrogen-bond acceptors (Lipinski definition) is 4. The van der Waals surface area contributed by atoms with Gasteiger partial charge in [0, 0.05) is 18.6 Å². The van der Waals surface area contributed by atoms with Crippen molar-refractivity contribution in [2.45, 2.75) is 45.7 Å². The first-order chi connectivity index (χ1) is 8.04. The predicted molar refractivity (Wildman–Crippen MR) is 68.5 cm³/mol. The summed E-state index contributed by atoms with van der Waals surface area (Å²) in [7, 11) is 0. The third kappa shape index (κ3) is 4.56. The quantitative estimate of drug-likeness (QED) is 0.707. The van der Waals surface area contributed by atoms with Crippen LogP contribution in [0.1, 0.15) is 33.4 Å². The van der Waals surface area contributed by atoms with E-state index in [1.54, 1.807) is 0 Å². The first-order valence-corrected chi connectivity index (χ1v) is 6.47. The van der Waals surface area contributed by atoms with Gasteiger partial charge in [-0.3, -0.25) is 4.90 Å². The maximum atomic E-state index is 5.62. The summed E-state index contributed by atoms with van der Waals surface area (Å²) in [6.07, 6.45) is 1.82. The Morgan fingerprint density at radius 2 is 2.00 bits per heavy atom. The number of hydrogen-bond donors (Lipinski definition) is 0. The molecular weight excluding hydrogens is 240 g/mol. The van der Waals surface area contributed by atoms with Crippen LogP contribution < -0.4 is 4.74 Å². The molecule has 0 aliphatic carbocycles. The van der Waals surface area contributed by atoms with Crippen molar-refractivity contribution < 1.29 is 9.15 Å². The van der Waals surface area contributed by atoms with Crippen molar-refractivity contribution in [3.8, 4) is 6.08 Å². The van der Waals surface area contributed by atoms with Gasteiger partial charge in [-0.05, 0) is 27.7 Å². The predicted octanol–water partition coefficient (Wildman–Crippen LogP) is 2.91. The lowest BCUT2D eigenvalue weighted by Crippen LogP contribution is -2.39.